The van der Waals surface area contributed by atoms with E-state index in [1.807, 2.05) is 0 Å². The van der Waals surface area contributed by atoms with E-state index in [2.05, 4.69) is 15.6 Å². The minimum atomic E-state index is -8.12. The van der Waals surface area contributed by atoms with Crippen molar-refractivity contribution < 1.29 is 97.2 Å². The minimum absolute atomic E-state index is 0.0578. The fourth-order valence-corrected chi connectivity index (χ4v) is 3.10. The summed E-state index contributed by atoms with van der Waals surface area (Å²) in [7, 11) is -8.12. The topological polar surface area (TPSA) is 91.3 Å². The van der Waals surface area contributed by atoms with Gasteiger partial charge in [0.15, 0.2) is 5.71 Å². The molecule has 252 valence electrons. The summed E-state index contributed by atoms with van der Waals surface area (Å²) in [4.78, 5) is 11.2. The lowest BCUT2D eigenvalue weighted by atomic mass is 9.99. The molecule has 0 spiro atoms. The zero-order chi connectivity index (χ0) is 35.0. The number of ether oxygens (including phenoxy) is 2. The minimum Gasteiger partial charge on any atom is -0.490 e. The third-order valence-corrected chi connectivity index (χ3v) is 5.92. The zero-order valence-corrected chi connectivity index (χ0v) is 21.6. The largest absolute Gasteiger partial charge is 0.490 e. The van der Waals surface area contributed by atoms with Gasteiger partial charge in [0, 0.05) is 11.1 Å². The molecule has 1 aromatic carbocycles. The molecule has 44 heavy (non-hydrogen) atoms. The van der Waals surface area contributed by atoms with Crippen LogP contribution in [0.15, 0.2) is 41.6 Å². The van der Waals surface area contributed by atoms with Crippen molar-refractivity contribution in [2.75, 3.05) is 13.2 Å². The molecule has 0 N–H and O–H groups in total. The molecule has 0 aliphatic carbocycles. The second kappa shape index (κ2) is 12.1. The van der Waals surface area contributed by atoms with Crippen molar-refractivity contribution in [3.8, 4) is 5.75 Å². The van der Waals surface area contributed by atoms with E-state index < -0.39 is 87.6 Å². The second-order valence-corrected chi connectivity index (χ2v) is 9.64. The fourth-order valence-electron chi connectivity index (χ4n) is 2.40. The first kappa shape index (κ1) is 38.6. The van der Waals surface area contributed by atoms with Gasteiger partial charge in [0.2, 0.25) is 0 Å². The summed E-state index contributed by atoms with van der Waals surface area (Å²) in [5.41, 5.74) is -5.10. The van der Waals surface area contributed by atoms with Gasteiger partial charge in [0.1, 0.15) is 19.0 Å². The Hall–Kier alpha value is -3.47. The van der Waals surface area contributed by atoms with Crippen LogP contribution in [0.5, 0.6) is 5.75 Å². The van der Waals surface area contributed by atoms with E-state index in [-0.39, 0.29) is 17.7 Å². The van der Waals surface area contributed by atoms with Gasteiger partial charge in [-0.15, -0.1) is 0 Å². The summed E-state index contributed by atoms with van der Waals surface area (Å²) in [5, 5.41) is -6.30. The van der Waals surface area contributed by atoms with Crippen LogP contribution in [-0.4, -0.2) is 74.6 Å². The van der Waals surface area contributed by atoms with Crippen LogP contribution >= 0.6 is 0 Å². The van der Waals surface area contributed by atoms with Crippen molar-refractivity contribution >= 4 is 21.8 Å². The van der Waals surface area contributed by atoms with E-state index in [0.29, 0.717) is 12.1 Å². The van der Waals surface area contributed by atoms with E-state index >= 15 is 0 Å². The molecule has 0 heterocycles. The number of halogens is 16. The van der Waals surface area contributed by atoms with Crippen molar-refractivity contribution in [2.45, 2.75) is 48.2 Å². The number of carbonyl (C=O) groups is 1. The van der Waals surface area contributed by atoms with Crippen molar-refractivity contribution in [3.63, 3.8) is 0 Å². The van der Waals surface area contributed by atoms with Gasteiger partial charge in [-0.3, -0.25) is 4.28 Å². The highest BCUT2D eigenvalue weighted by atomic mass is 32.2. The molecule has 0 amide bonds. The van der Waals surface area contributed by atoms with Crippen molar-refractivity contribution in [1.82, 2.24) is 0 Å². The lowest BCUT2D eigenvalue weighted by Crippen LogP contribution is -2.63. The van der Waals surface area contributed by atoms with Crippen LogP contribution in [0.3, 0.4) is 0 Å². The summed E-state index contributed by atoms with van der Waals surface area (Å²) in [6.45, 7) is 3.44. The predicted octanol–water partition coefficient (Wildman–Crippen LogP) is 6.49. The van der Waals surface area contributed by atoms with E-state index in [1.54, 1.807) is 0 Å². The molecule has 0 unspecified atom stereocenters. The molecule has 1 rings (SSSR count). The van der Waals surface area contributed by atoms with Crippen molar-refractivity contribution in [2.24, 2.45) is 5.16 Å². The van der Waals surface area contributed by atoms with Crippen LogP contribution in [-0.2, 0) is 23.9 Å². The first-order chi connectivity index (χ1) is 19.4. The number of hydrogen-bond acceptors (Lipinski definition) is 7. The summed E-state index contributed by atoms with van der Waals surface area (Å²) in [6, 6.07) is 1.01. The highest BCUT2D eigenvalue weighted by Crippen LogP contribution is 2.55. The molecule has 0 aromatic heterocycles. The number of rotatable bonds is 13. The maximum atomic E-state index is 14.4. The van der Waals surface area contributed by atoms with Crippen LogP contribution in [0.25, 0.3) is 0 Å². The van der Waals surface area contributed by atoms with E-state index in [9.17, 15) is 83.5 Å². The second-order valence-electron chi connectivity index (χ2n) is 8.07. The zero-order valence-electron chi connectivity index (χ0n) is 20.8. The Morgan fingerprint density at radius 1 is 0.750 bits per heavy atom. The first-order valence-electron chi connectivity index (χ1n) is 10.5. The highest BCUT2D eigenvalue weighted by Gasteiger charge is 2.86. The molecule has 1 aromatic rings. The van der Waals surface area contributed by atoms with Gasteiger partial charge in [0.25, 0.3) is 0 Å². The van der Waals surface area contributed by atoms with E-state index in [0.717, 1.165) is 0 Å². The Morgan fingerprint density at radius 3 is 1.61 bits per heavy atom. The normalized spacial score (nSPS) is 14.7. The average molecular weight is 699 g/mol. The van der Waals surface area contributed by atoms with Gasteiger partial charge in [-0.05, 0) is 31.2 Å². The quantitative estimate of drug-likeness (QED) is 0.0584. The number of hydrogen-bond donors (Lipinski definition) is 0. The average Bonchev–Trinajstić information content (AvgIpc) is 2.85. The molecule has 0 radical (unpaired) electrons. The monoisotopic (exact) mass is 699 g/mol. The Labute approximate surface area is 234 Å². The van der Waals surface area contributed by atoms with Gasteiger partial charge < -0.3 is 9.47 Å². The molecular formula is C20H13F16NO6S. The maximum Gasteiger partial charge on any atom is 0.460 e. The molecule has 7 nitrogen and oxygen atoms in total. The molecule has 0 saturated heterocycles. The summed E-state index contributed by atoms with van der Waals surface area (Å²) < 4.78 is 247. The predicted molar refractivity (Wildman–Crippen MR) is 111 cm³/mol. The molecular weight excluding hydrogens is 686 g/mol. The number of esters is 1. The van der Waals surface area contributed by atoms with Crippen LogP contribution < -0.4 is 4.74 Å². The van der Waals surface area contributed by atoms with Gasteiger partial charge in [-0.1, -0.05) is 11.7 Å². The summed E-state index contributed by atoms with van der Waals surface area (Å²) >= 11 is 0. The Kier molecular flexibility index (Phi) is 10.6. The van der Waals surface area contributed by atoms with Crippen LogP contribution in [0.2, 0.25) is 0 Å². The molecule has 0 fully saturated rings. The Balaban J connectivity index is 3.62. The van der Waals surface area contributed by atoms with Crippen LogP contribution in [0.1, 0.15) is 12.5 Å². The van der Waals surface area contributed by atoms with Gasteiger partial charge in [-0.25, -0.2) is 4.79 Å². The smallest absolute Gasteiger partial charge is 0.460 e. The lowest BCUT2D eigenvalue weighted by molar-refractivity contribution is -0.382. The molecule has 0 aliphatic rings. The number of nitrogens with zero attached hydrogens (tertiary/aromatic N) is 1. The molecule has 0 bridgehead atoms. The Morgan fingerprint density at radius 2 is 1.20 bits per heavy atom. The fraction of sp³-hybridized carbons (Fsp3) is 0.500. The molecule has 0 atom stereocenters. The van der Waals surface area contributed by atoms with Crippen LogP contribution in [0, 0.1) is 0 Å². The SMILES string of the molecule is C=C(C)C(=O)OCCOc1ccc(C(=NOS(=O)(=O)C(F)(F)C(F)(F)C(F)(F)C(F)(F)F)C(F)(F)C(F)(F)C(F)(F)F)cc1. The third-order valence-electron chi connectivity index (χ3n) is 4.77. The van der Waals surface area contributed by atoms with E-state index in [1.165, 1.54) is 12.1 Å². The summed E-state index contributed by atoms with van der Waals surface area (Å²) in [5.74, 6) is -31.4. The van der Waals surface area contributed by atoms with Gasteiger partial charge >= 0.3 is 57.4 Å². The molecule has 0 saturated carbocycles. The molecule has 24 heteroatoms. The van der Waals surface area contributed by atoms with Gasteiger partial charge in [-0.2, -0.15) is 78.7 Å². The standard InChI is InChI=1S/C20H13F16NO6S/c1-9(2)13(38)42-8-7-41-11-5-3-10(4-6-11)12(14(21,22)15(23,24)18(29,30)31)37-43-44(39,40)20(35,36)17(27,28)16(25,26)19(32,33)34/h3-6H,1,7-8H2,2H3. The number of oxime groups is 1. The maximum absolute atomic E-state index is 14.4. The van der Waals surface area contributed by atoms with Crippen molar-refractivity contribution in [3.05, 3.63) is 42.0 Å². The lowest BCUT2D eigenvalue weighted by Gasteiger charge is -2.32. The number of alkyl halides is 16. The highest BCUT2D eigenvalue weighted by molar-refractivity contribution is 7.87. The first-order valence-corrected chi connectivity index (χ1v) is 11.9. The van der Waals surface area contributed by atoms with Crippen LogP contribution in [0.4, 0.5) is 70.2 Å². The molecule has 0 aliphatic heterocycles. The van der Waals surface area contributed by atoms with Gasteiger partial charge in [0.05, 0.1) is 0 Å². The number of benzene rings is 1. The Bertz CT molecular complexity index is 1350. The van der Waals surface area contributed by atoms with E-state index in [4.69, 9.17) is 4.74 Å². The number of carbonyl (C=O) groups excluding carboxylic acids is 1. The summed E-state index contributed by atoms with van der Waals surface area (Å²) in [6.07, 6.45) is -14.8. The third kappa shape index (κ3) is 7.08. The van der Waals surface area contributed by atoms with Crippen molar-refractivity contribution in [1.29, 1.82) is 0 Å².